The number of nitriles is 1. The maximum absolute atomic E-state index is 8.38. The first-order valence-electron chi connectivity index (χ1n) is 2.84. The fourth-order valence-electron chi connectivity index (χ4n) is 0.678. The second-order valence-electron chi connectivity index (χ2n) is 1.80. The summed E-state index contributed by atoms with van der Waals surface area (Å²) in [5, 5.41) is 8.38. The van der Waals surface area contributed by atoms with Gasteiger partial charge < -0.3 is 10.7 Å². The van der Waals surface area contributed by atoms with E-state index in [0.717, 1.165) is 5.69 Å². The van der Waals surface area contributed by atoms with Crippen molar-refractivity contribution in [3.05, 3.63) is 29.7 Å². The molecule has 0 aliphatic heterocycles. The van der Waals surface area contributed by atoms with Gasteiger partial charge in [0.1, 0.15) is 11.8 Å². The summed E-state index contributed by atoms with van der Waals surface area (Å²) in [6.45, 7) is 0. The van der Waals surface area contributed by atoms with Crippen LogP contribution < -0.4 is 5.73 Å². The second-order valence-corrected chi connectivity index (χ2v) is 1.80. The molecule has 0 saturated heterocycles. The number of H-pyrrole nitrogens is 1. The van der Waals surface area contributed by atoms with Gasteiger partial charge in [0.2, 0.25) is 0 Å². The van der Waals surface area contributed by atoms with Crippen LogP contribution in [0.5, 0.6) is 0 Å². The number of rotatable bonds is 1. The van der Waals surface area contributed by atoms with Crippen LogP contribution in [0.25, 0.3) is 6.08 Å². The molecule has 50 valence electrons. The molecule has 0 spiro atoms. The first-order valence-corrected chi connectivity index (χ1v) is 2.84. The van der Waals surface area contributed by atoms with Crippen molar-refractivity contribution >= 4 is 6.08 Å². The molecule has 0 aliphatic rings. The third kappa shape index (κ3) is 1.17. The Kier molecular flexibility index (Phi) is 1.76. The molecular formula is C7H7N3. The molecule has 10 heavy (non-hydrogen) atoms. The van der Waals surface area contributed by atoms with Crippen LogP contribution in [0, 0.1) is 11.3 Å². The minimum atomic E-state index is 0.549. The molecule has 1 aromatic rings. The van der Waals surface area contributed by atoms with Gasteiger partial charge in [0.05, 0.1) is 0 Å². The highest BCUT2D eigenvalue weighted by Gasteiger charge is 1.90. The number of aromatic amines is 1. The number of aromatic nitrogens is 1. The average molecular weight is 133 g/mol. The van der Waals surface area contributed by atoms with E-state index in [4.69, 9.17) is 11.0 Å². The van der Waals surface area contributed by atoms with Crippen molar-refractivity contribution in [3.8, 4) is 6.07 Å². The van der Waals surface area contributed by atoms with Gasteiger partial charge in [-0.3, -0.25) is 0 Å². The summed E-state index contributed by atoms with van der Waals surface area (Å²) in [6.07, 6.45) is 3.12. The molecule has 0 aliphatic carbocycles. The Bertz CT molecular complexity index is 277. The van der Waals surface area contributed by atoms with Crippen LogP contribution in [0.15, 0.2) is 18.3 Å². The lowest BCUT2D eigenvalue weighted by Gasteiger charge is -1.80. The van der Waals surface area contributed by atoms with E-state index in [1.165, 1.54) is 6.20 Å². The van der Waals surface area contributed by atoms with Crippen molar-refractivity contribution in [1.82, 2.24) is 4.98 Å². The van der Waals surface area contributed by atoms with E-state index >= 15 is 0 Å². The molecule has 1 rings (SSSR count). The predicted octanol–water partition coefficient (Wildman–Crippen LogP) is 0.816. The number of nitrogens with zero attached hydrogens (tertiary/aromatic N) is 1. The van der Waals surface area contributed by atoms with Gasteiger partial charge >= 0.3 is 0 Å². The number of nitrogens with two attached hydrogens (primary N) is 1. The molecule has 3 heteroatoms. The van der Waals surface area contributed by atoms with E-state index in [-0.39, 0.29) is 0 Å². The molecule has 1 aromatic heterocycles. The van der Waals surface area contributed by atoms with E-state index in [0.29, 0.717) is 5.69 Å². The second kappa shape index (κ2) is 2.74. The predicted molar refractivity (Wildman–Crippen MR) is 38.7 cm³/mol. The van der Waals surface area contributed by atoms with E-state index in [9.17, 15) is 0 Å². The molecule has 0 aromatic carbocycles. The zero-order valence-corrected chi connectivity index (χ0v) is 5.33. The van der Waals surface area contributed by atoms with Crippen LogP contribution in [0.4, 0.5) is 0 Å². The molecule has 0 atom stereocenters. The smallest absolute Gasteiger partial charge is 0.118 e. The van der Waals surface area contributed by atoms with Crippen LogP contribution in [-0.2, 0) is 0 Å². The molecule has 1 heterocycles. The molecule has 0 radical (unpaired) electrons. The molecule has 0 amide bonds. The van der Waals surface area contributed by atoms with Crippen LogP contribution in [0.3, 0.4) is 0 Å². The van der Waals surface area contributed by atoms with Gasteiger partial charge in [-0.1, -0.05) is 0 Å². The molecule has 0 fully saturated rings. The molecule has 0 bridgehead atoms. The summed E-state index contributed by atoms with van der Waals surface area (Å²) in [7, 11) is 0. The van der Waals surface area contributed by atoms with Gasteiger partial charge in [-0.05, 0) is 24.4 Å². The Morgan fingerprint density at radius 2 is 2.40 bits per heavy atom. The van der Waals surface area contributed by atoms with Crippen molar-refractivity contribution in [3.63, 3.8) is 0 Å². The lowest BCUT2D eigenvalue weighted by atomic mass is 10.4. The lowest BCUT2D eigenvalue weighted by molar-refractivity contribution is 1.31. The topological polar surface area (TPSA) is 65.6 Å². The summed E-state index contributed by atoms with van der Waals surface area (Å²) >= 11 is 0. The highest BCUT2D eigenvalue weighted by Crippen LogP contribution is 2.00. The first kappa shape index (κ1) is 6.43. The van der Waals surface area contributed by atoms with Crippen molar-refractivity contribution in [2.24, 2.45) is 5.73 Å². The summed E-state index contributed by atoms with van der Waals surface area (Å²) in [4.78, 5) is 2.84. The van der Waals surface area contributed by atoms with Crippen LogP contribution in [-0.4, -0.2) is 4.98 Å². The number of nitrogens with one attached hydrogen (secondary N) is 1. The van der Waals surface area contributed by atoms with Crippen LogP contribution in [0.2, 0.25) is 0 Å². The maximum Gasteiger partial charge on any atom is 0.118 e. The third-order valence-electron chi connectivity index (χ3n) is 1.10. The molecule has 0 saturated carbocycles. The van der Waals surface area contributed by atoms with Gasteiger partial charge in [-0.2, -0.15) is 5.26 Å². The van der Waals surface area contributed by atoms with E-state index < -0.39 is 0 Å². The first-order chi connectivity index (χ1) is 4.86. The van der Waals surface area contributed by atoms with Crippen LogP contribution in [0.1, 0.15) is 11.4 Å². The Morgan fingerprint density at radius 3 is 2.90 bits per heavy atom. The highest BCUT2D eigenvalue weighted by atomic mass is 14.7. The van der Waals surface area contributed by atoms with Crippen LogP contribution >= 0.6 is 0 Å². The Balaban J connectivity index is 2.91. The highest BCUT2D eigenvalue weighted by molar-refractivity contribution is 5.46. The van der Waals surface area contributed by atoms with E-state index in [1.807, 2.05) is 6.07 Å². The Morgan fingerprint density at radius 1 is 1.60 bits per heavy atom. The Labute approximate surface area is 58.8 Å². The van der Waals surface area contributed by atoms with E-state index in [1.54, 1.807) is 18.2 Å². The average Bonchev–Trinajstić information content (AvgIpc) is 2.37. The van der Waals surface area contributed by atoms with Crippen molar-refractivity contribution in [2.45, 2.75) is 0 Å². The Hall–Kier alpha value is -1.69. The third-order valence-corrected chi connectivity index (χ3v) is 1.10. The van der Waals surface area contributed by atoms with Crippen molar-refractivity contribution < 1.29 is 0 Å². The summed E-state index contributed by atoms with van der Waals surface area (Å²) in [5.41, 5.74) is 6.52. The molecule has 0 unspecified atom stereocenters. The maximum atomic E-state index is 8.38. The zero-order chi connectivity index (χ0) is 7.40. The minimum Gasteiger partial charge on any atom is -0.405 e. The summed E-state index contributed by atoms with van der Waals surface area (Å²) in [5.74, 6) is 0. The van der Waals surface area contributed by atoms with Gasteiger partial charge in [-0.25, -0.2) is 0 Å². The quantitative estimate of drug-likeness (QED) is 0.595. The standard InChI is InChI=1S/C7H7N3/c8-4-3-6-1-2-7(5-9)10-6/h1-4,10H,8H2/b4-3+. The fourth-order valence-corrected chi connectivity index (χ4v) is 0.678. The molecule has 3 nitrogen and oxygen atoms in total. The fraction of sp³-hybridized carbons (Fsp3) is 0. The molecular weight excluding hydrogens is 126 g/mol. The number of hydrogen-bond acceptors (Lipinski definition) is 2. The van der Waals surface area contributed by atoms with Gasteiger partial charge in [0.25, 0.3) is 0 Å². The normalized spacial score (nSPS) is 9.90. The SMILES string of the molecule is N#Cc1ccc(/C=C/N)[nH]1. The van der Waals surface area contributed by atoms with Crippen molar-refractivity contribution in [2.75, 3.05) is 0 Å². The van der Waals surface area contributed by atoms with Gasteiger partial charge in [0, 0.05) is 5.69 Å². The largest absolute Gasteiger partial charge is 0.405 e. The monoisotopic (exact) mass is 133 g/mol. The minimum absolute atomic E-state index is 0.549. The zero-order valence-electron chi connectivity index (χ0n) is 5.33. The summed E-state index contributed by atoms with van der Waals surface area (Å²) < 4.78 is 0. The number of hydrogen-bond donors (Lipinski definition) is 2. The molecule has 3 N–H and O–H groups in total. The van der Waals surface area contributed by atoms with Gasteiger partial charge in [0.15, 0.2) is 0 Å². The lowest BCUT2D eigenvalue weighted by Crippen LogP contribution is -1.77. The van der Waals surface area contributed by atoms with Gasteiger partial charge in [-0.15, -0.1) is 0 Å². The summed E-state index contributed by atoms with van der Waals surface area (Å²) in [6, 6.07) is 5.47. The van der Waals surface area contributed by atoms with E-state index in [2.05, 4.69) is 4.98 Å². The van der Waals surface area contributed by atoms with Crippen molar-refractivity contribution in [1.29, 1.82) is 5.26 Å².